The third-order valence-corrected chi connectivity index (χ3v) is 5.49. The summed E-state index contributed by atoms with van der Waals surface area (Å²) in [5.74, 6) is 0.252. The molecule has 0 saturated heterocycles. The van der Waals surface area contributed by atoms with Crippen LogP contribution in [-0.4, -0.2) is 41.9 Å². The molecule has 4 nitrogen and oxygen atoms in total. The maximum atomic E-state index is 11.0. The molecule has 0 spiro atoms. The molecule has 0 aromatic heterocycles. The highest BCUT2D eigenvalue weighted by Gasteiger charge is 2.54. The van der Waals surface area contributed by atoms with E-state index in [1.54, 1.807) is 7.11 Å². The second-order valence-electron chi connectivity index (χ2n) is 7.75. The molecule has 3 rings (SSSR count). The van der Waals surface area contributed by atoms with Crippen molar-refractivity contribution in [1.82, 2.24) is 0 Å². The van der Waals surface area contributed by atoms with E-state index in [4.69, 9.17) is 9.47 Å². The lowest BCUT2D eigenvalue weighted by Gasteiger charge is -2.34. The van der Waals surface area contributed by atoms with E-state index in [2.05, 4.69) is 13.8 Å². The van der Waals surface area contributed by atoms with Gasteiger partial charge in [0.05, 0.1) is 18.3 Å². The van der Waals surface area contributed by atoms with E-state index in [9.17, 15) is 10.2 Å². The van der Waals surface area contributed by atoms with Crippen molar-refractivity contribution in [3.8, 4) is 0 Å². The molecule has 1 aliphatic heterocycles. The van der Waals surface area contributed by atoms with Crippen molar-refractivity contribution < 1.29 is 19.7 Å². The fourth-order valence-corrected chi connectivity index (χ4v) is 4.59. The van der Waals surface area contributed by atoms with E-state index in [0.29, 0.717) is 13.0 Å². The first kappa shape index (κ1) is 14.5. The van der Waals surface area contributed by atoms with Crippen LogP contribution >= 0.6 is 0 Å². The Morgan fingerprint density at radius 3 is 2.55 bits per heavy atom. The molecule has 1 heterocycles. The molecule has 1 fully saturated rings. The first-order valence-corrected chi connectivity index (χ1v) is 7.52. The Hall–Kier alpha value is -0.420. The Balaban J connectivity index is 2.00. The normalized spacial score (nSPS) is 47.1. The molecule has 114 valence electrons. The molecule has 3 aliphatic rings. The van der Waals surface area contributed by atoms with Crippen LogP contribution in [0.3, 0.4) is 0 Å². The van der Waals surface area contributed by atoms with Crippen molar-refractivity contribution in [3.63, 3.8) is 0 Å². The summed E-state index contributed by atoms with van der Waals surface area (Å²) >= 11 is 0. The van der Waals surface area contributed by atoms with Crippen molar-refractivity contribution in [2.45, 2.75) is 58.0 Å². The van der Waals surface area contributed by atoms with Gasteiger partial charge in [0.2, 0.25) is 0 Å². The summed E-state index contributed by atoms with van der Waals surface area (Å²) < 4.78 is 10.9. The molecule has 5 atom stereocenters. The second kappa shape index (κ2) is 4.54. The number of aliphatic hydroxyl groups excluding tert-OH is 1. The summed E-state index contributed by atoms with van der Waals surface area (Å²) in [5, 5.41) is 21.8. The lowest BCUT2D eigenvalue weighted by atomic mass is 9.78. The van der Waals surface area contributed by atoms with Gasteiger partial charge in [-0.2, -0.15) is 0 Å². The van der Waals surface area contributed by atoms with Crippen LogP contribution in [0.2, 0.25) is 0 Å². The van der Waals surface area contributed by atoms with E-state index in [0.717, 1.165) is 24.0 Å². The van der Waals surface area contributed by atoms with E-state index in [1.165, 1.54) is 0 Å². The Kier molecular flexibility index (Phi) is 3.29. The molecule has 4 heteroatoms. The summed E-state index contributed by atoms with van der Waals surface area (Å²) in [6.07, 6.45) is 1.53. The van der Waals surface area contributed by atoms with Gasteiger partial charge in [-0.15, -0.1) is 0 Å². The molecule has 0 bridgehead atoms. The van der Waals surface area contributed by atoms with Crippen LogP contribution in [0.1, 0.15) is 40.0 Å². The van der Waals surface area contributed by atoms with Crippen molar-refractivity contribution in [1.29, 1.82) is 0 Å². The average molecular weight is 282 g/mol. The summed E-state index contributed by atoms with van der Waals surface area (Å²) in [7, 11) is 1.61. The molecular formula is C16H26O4. The topological polar surface area (TPSA) is 58.9 Å². The van der Waals surface area contributed by atoms with Gasteiger partial charge in [-0.1, -0.05) is 13.8 Å². The maximum Gasteiger partial charge on any atom is 0.180 e. The van der Waals surface area contributed by atoms with Crippen molar-refractivity contribution in [2.24, 2.45) is 17.3 Å². The van der Waals surface area contributed by atoms with Crippen LogP contribution < -0.4 is 0 Å². The second-order valence-corrected chi connectivity index (χ2v) is 7.75. The molecule has 2 aliphatic carbocycles. The number of aliphatic hydroxyl groups is 2. The van der Waals surface area contributed by atoms with Gasteiger partial charge in [0.15, 0.2) is 6.29 Å². The van der Waals surface area contributed by atoms with Crippen LogP contribution in [0.5, 0.6) is 0 Å². The van der Waals surface area contributed by atoms with Crippen molar-refractivity contribution >= 4 is 0 Å². The van der Waals surface area contributed by atoms with E-state index < -0.39 is 18.0 Å². The standard InChI is InChI=1S/C16H26O4/c1-15(2)5-10-12(7-15)16(3,18)6-9-11(13(10)17)8-20-14(9)19-4/h10,12-14,17-18H,5-8H2,1-4H3/t10-,12+,13+,14+,16+/m1/s1. The number of ether oxygens (including phenoxy) is 2. The molecule has 1 saturated carbocycles. The first-order chi connectivity index (χ1) is 9.25. The maximum absolute atomic E-state index is 11.0. The lowest BCUT2D eigenvalue weighted by Crippen LogP contribution is -2.40. The molecule has 0 unspecified atom stereocenters. The first-order valence-electron chi connectivity index (χ1n) is 7.52. The summed E-state index contributed by atoms with van der Waals surface area (Å²) in [6, 6.07) is 0. The van der Waals surface area contributed by atoms with Crippen molar-refractivity contribution in [3.05, 3.63) is 11.1 Å². The van der Waals surface area contributed by atoms with Gasteiger partial charge in [-0.05, 0) is 48.2 Å². The van der Waals surface area contributed by atoms with Gasteiger partial charge in [0.1, 0.15) is 0 Å². The van der Waals surface area contributed by atoms with Gasteiger partial charge < -0.3 is 19.7 Å². The third kappa shape index (κ3) is 2.13. The number of fused-ring (bicyclic) bond motifs is 1. The van der Waals surface area contributed by atoms with Crippen LogP contribution in [0.4, 0.5) is 0 Å². The smallest absolute Gasteiger partial charge is 0.180 e. The quantitative estimate of drug-likeness (QED) is 0.721. The largest absolute Gasteiger partial charge is 0.390 e. The molecule has 2 N–H and O–H groups in total. The number of hydrogen-bond donors (Lipinski definition) is 2. The van der Waals surface area contributed by atoms with Crippen LogP contribution in [0.25, 0.3) is 0 Å². The summed E-state index contributed by atoms with van der Waals surface area (Å²) in [5.41, 5.74) is 1.28. The zero-order valence-corrected chi connectivity index (χ0v) is 12.8. The number of hydrogen-bond acceptors (Lipinski definition) is 4. The third-order valence-electron chi connectivity index (χ3n) is 5.49. The molecular weight excluding hydrogens is 256 g/mol. The van der Waals surface area contributed by atoms with Gasteiger partial charge >= 0.3 is 0 Å². The van der Waals surface area contributed by atoms with Crippen LogP contribution in [0, 0.1) is 17.3 Å². The van der Waals surface area contributed by atoms with E-state index in [-0.39, 0.29) is 17.3 Å². The zero-order valence-electron chi connectivity index (χ0n) is 12.8. The average Bonchev–Trinajstić information content (AvgIpc) is 2.87. The molecule has 20 heavy (non-hydrogen) atoms. The number of methoxy groups -OCH3 is 1. The fourth-order valence-electron chi connectivity index (χ4n) is 4.59. The highest BCUT2D eigenvalue weighted by atomic mass is 16.7. The SMILES string of the molecule is CO[C@H]1OCC2=C1C[C@](C)(O)[C@H]1CC(C)(C)C[C@H]1[C@@H]2O. The Labute approximate surface area is 120 Å². The lowest BCUT2D eigenvalue weighted by molar-refractivity contribution is -0.0930. The summed E-state index contributed by atoms with van der Waals surface area (Å²) in [6.45, 7) is 6.78. The summed E-state index contributed by atoms with van der Waals surface area (Å²) in [4.78, 5) is 0. The predicted octanol–water partition coefficient (Wildman–Crippen LogP) is 1.85. The minimum absolute atomic E-state index is 0.117. The fraction of sp³-hybridized carbons (Fsp3) is 0.875. The molecule has 0 aromatic rings. The molecule has 0 aromatic carbocycles. The highest BCUT2D eigenvalue weighted by molar-refractivity contribution is 5.31. The number of rotatable bonds is 1. The van der Waals surface area contributed by atoms with Gasteiger partial charge in [0, 0.05) is 13.5 Å². The van der Waals surface area contributed by atoms with Gasteiger partial charge in [-0.3, -0.25) is 0 Å². The Bertz CT molecular complexity index is 438. The minimum atomic E-state index is -0.805. The van der Waals surface area contributed by atoms with E-state index >= 15 is 0 Å². The minimum Gasteiger partial charge on any atom is -0.390 e. The van der Waals surface area contributed by atoms with Crippen molar-refractivity contribution in [2.75, 3.05) is 13.7 Å². The highest BCUT2D eigenvalue weighted by Crippen LogP contribution is 2.55. The Morgan fingerprint density at radius 1 is 1.20 bits per heavy atom. The van der Waals surface area contributed by atoms with Crippen LogP contribution in [0.15, 0.2) is 11.1 Å². The monoisotopic (exact) mass is 282 g/mol. The van der Waals surface area contributed by atoms with Crippen LogP contribution in [-0.2, 0) is 9.47 Å². The zero-order chi connectivity index (χ0) is 14.7. The van der Waals surface area contributed by atoms with Gasteiger partial charge in [-0.25, -0.2) is 0 Å². The Morgan fingerprint density at radius 2 is 1.90 bits per heavy atom. The van der Waals surface area contributed by atoms with E-state index in [1.807, 2.05) is 6.92 Å². The predicted molar refractivity (Wildman–Crippen MR) is 75.0 cm³/mol. The molecule has 0 amide bonds. The van der Waals surface area contributed by atoms with Gasteiger partial charge in [0.25, 0.3) is 0 Å². The molecule has 0 radical (unpaired) electrons.